The molecule has 0 radical (unpaired) electrons. The Morgan fingerprint density at radius 3 is 2.68 bits per heavy atom. The predicted octanol–water partition coefficient (Wildman–Crippen LogP) is 2.54. The van der Waals surface area contributed by atoms with Gasteiger partial charge in [-0.15, -0.1) is 0 Å². The first-order chi connectivity index (χ1) is 13.2. The minimum absolute atomic E-state index is 0.118. The third kappa shape index (κ3) is 2.70. The first kappa shape index (κ1) is 19.2. The Labute approximate surface area is 163 Å². The molecule has 1 aliphatic heterocycles. The third-order valence-corrected chi connectivity index (χ3v) is 7.39. The minimum atomic E-state index is -0.855. The molecule has 3 aliphatic rings. The molecule has 0 aromatic carbocycles. The normalized spacial score (nSPS) is 42.9. The quantitative estimate of drug-likeness (QED) is 0.774. The van der Waals surface area contributed by atoms with E-state index in [-0.39, 0.29) is 23.7 Å². The van der Waals surface area contributed by atoms with E-state index in [1.165, 1.54) is 6.92 Å². The van der Waals surface area contributed by atoms with Gasteiger partial charge in [0.2, 0.25) is 0 Å². The molecule has 0 amide bonds. The summed E-state index contributed by atoms with van der Waals surface area (Å²) in [6.07, 6.45) is 3.93. The number of ketones is 1. The van der Waals surface area contributed by atoms with Crippen LogP contribution in [0, 0.1) is 22.7 Å². The van der Waals surface area contributed by atoms with Crippen LogP contribution in [0.5, 0.6) is 0 Å². The third-order valence-electron chi connectivity index (χ3n) is 7.39. The Morgan fingerprint density at radius 1 is 1.29 bits per heavy atom. The minimum Gasteiger partial charge on any atom is -0.472 e. The van der Waals surface area contributed by atoms with Crippen LogP contribution in [-0.2, 0) is 23.9 Å². The number of cyclic esters (lactones) is 1. The highest BCUT2D eigenvalue weighted by atomic mass is 16.6. The highest BCUT2D eigenvalue weighted by molar-refractivity contribution is 5.91. The molecule has 7 nitrogen and oxygen atoms in total. The Kier molecular flexibility index (Phi) is 4.41. The van der Waals surface area contributed by atoms with Crippen LogP contribution in [0.15, 0.2) is 23.0 Å². The van der Waals surface area contributed by atoms with Crippen LogP contribution in [0.2, 0.25) is 0 Å². The molecule has 0 spiro atoms. The highest BCUT2D eigenvalue weighted by Gasteiger charge is 2.66. The van der Waals surface area contributed by atoms with Gasteiger partial charge in [0.25, 0.3) is 0 Å². The number of nitrogens with two attached hydrogens (primary N) is 1. The van der Waals surface area contributed by atoms with Crippen molar-refractivity contribution in [2.24, 2.45) is 28.4 Å². The molecule has 2 saturated carbocycles. The fourth-order valence-electron chi connectivity index (χ4n) is 6.00. The number of esters is 2. The number of carbonyl (C=O) groups is 3. The lowest BCUT2D eigenvalue weighted by molar-refractivity contribution is -0.203. The SMILES string of the molecule is CC(=O)O[C@H]1C[C@@H](N)[C@]2(C)CCC3C(=O)O[C@H](c4ccoc4)C[C@]3(C)C2C1=O. The van der Waals surface area contributed by atoms with Crippen molar-refractivity contribution in [2.75, 3.05) is 0 Å². The van der Waals surface area contributed by atoms with Crippen molar-refractivity contribution in [2.45, 2.75) is 64.7 Å². The van der Waals surface area contributed by atoms with Gasteiger partial charge in [-0.3, -0.25) is 14.4 Å². The Bertz CT molecular complexity index is 804. The maximum atomic E-state index is 13.5. The van der Waals surface area contributed by atoms with Crippen LogP contribution >= 0.6 is 0 Å². The lowest BCUT2D eigenvalue weighted by Gasteiger charge is -2.61. The topological polar surface area (TPSA) is 109 Å². The maximum Gasteiger partial charge on any atom is 0.310 e. The fourth-order valence-corrected chi connectivity index (χ4v) is 6.00. The molecular weight excluding hydrogens is 362 g/mol. The van der Waals surface area contributed by atoms with Gasteiger partial charge in [0, 0.05) is 30.9 Å². The van der Waals surface area contributed by atoms with Gasteiger partial charge in [-0.25, -0.2) is 0 Å². The number of carbonyl (C=O) groups excluding carboxylic acids is 3. The standard InChI is InChI=1S/C21H27NO6/c1-11(23)27-14-8-16(22)20(2)6-4-13-19(25)28-15(12-5-7-26-10-12)9-21(13,3)18(20)17(14)24/h5,7,10,13-16,18H,4,6,8-9,22H2,1-3H3/t13?,14-,15-,16+,18?,20-,21-/m0/s1. The largest absolute Gasteiger partial charge is 0.472 e. The molecular formula is C21H27NO6. The van der Waals surface area contributed by atoms with Gasteiger partial charge in [0.05, 0.1) is 18.4 Å². The summed E-state index contributed by atoms with van der Waals surface area (Å²) < 4.78 is 16.2. The van der Waals surface area contributed by atoms with E-state index in [1.807, 2.05) is 13.8 Å². The first-order valence-corrected chi connectivity index (χ1v) is 9.86. The van der Waals surface area contributed by atoms with Crippen molar-refractivity contribution in [3.8, 4) is 0 Å². The summed E-state index contributed by atoms with van der Waals surface area (Å²) in [4.78, 5) is 37.9. The van der Waals surface area contributed by atoms with E-state index in [1.54, 1.807) is 18.6 Å². The lowest BCUT2D eigenvalue weighted by atomic mass is 9.44. The summed E-state index contributed by atoms with van der Waals surface area (Å²) in [7, 11) is 0. The van der Waals surface area contributed by atoms with Crippen molar-refractivity contribution < 1.29 is 28.3 Å². The molecule has 28 heavy (non-hydrogen) atoms. The molecule has 2 N–H and O–H groups in total. The zero-order chi connectivity index (χ0) is 20.3. The zero-order valence-electron chi connectivity index (χ0n) is 16.5. The van der Waals surface area contributed by atoms with Crippen molar-refractivity contribution in [3.63, 3.8) is 0 Å². The fraction of sp³-hybridized carbons (Fsp3) is 0.667. The molecule has 4 rings (SSSR count). The van der Waals surface area contributed by atoms with Gasteiger partial charge in [0.1, 0.15) is 6.10 Å². The molecule has 7 heteroatoms. The Hall–Kier alpha value is -2.15. The summed E-state index contributed by atoms with van der Waals surface area (Å²) in [5, 5.41) is 0. The van der Waals surface area contributed by atoms with Crippen LogP contribution in [0.1, 0.15) is 58.1 Å². The number of Topliss-reactive ketones (excluding diaryl/α,β-unsaturated/α-hetero) is 1. The summed E-state index contributed by atoms with van der Waals surface area (Å²) in [6.45, 7) is 5.33. The van der Waals surface area contributed by atoms with Gasteiger partial charge < -0.3 is 19.6 Å². The molecule has 152 valence electrons. The summed E-state index contributed by atoms with van der Waals surface area (Å²) >= 11 is 0. The van der Waals surface area contributed by atoms with Crippen LogP contribution < -0.4 is 5.73 Å². The van der Waals surface area contributed by atoms with E-state index in [0.717, 1.165) is 5.56 Å². The average Bonchev–Trinajstić information content (AvgIpc) is 3.13. The van der Waals surface area contributed by atoms with Crippen LogP contribution in [-0.4, -0.2) is 29.9 Å². The zero-order valence-corrected chi connectivity index (χ0v) is 16.5. The molecule has 1 aromatic rings. The van der Waals surface area contributed by atoms with E-state index in [0.29, 0.717) is 25.7 Å². The molecule has 0 bridgehead atoms. The predicted molar refractivity (Wildman–Crippen MR) is 97.7 cm³/mol. The molecule has 2 unspecified atom stereocenters. The van der Waals surface area contributed by atoms with Gasteiger partial charge in [-0.2, -0.15) is 0 Å². The number of ether oxygens (including phenoxy) is 2. The maximum absolute atomic E-state index is 13.5. The Balaban J connectivity index is 1.75. The van der Waals surface area contributed by atoms with E-state index in [9.17, 15) is 14.4 Å². The van der Waals surface area contributed by atoms with E-state index in [4.69, 9.17) is 19.6 Å². The number of rotatable bonds is 2. The molecule has 1 aromatic heterocycles. The number of hydrogen-bond acceptors (Lipinski definition) is 7. The molecule has 3 fully saturated rings. The summed E-state index contributed by atoms with van der Waals surface area (Å²) in [6, 6.07) is 1.49. The molecule has 2 heterocycles. The number of hydrogen-bond donors (Lipinski definition) is 1. The Morgan fingerprint density at radius 2 is 2.04 bits per heavy atom. The molecule has 7 atom stereocenters. The van der Waals surface area contributed by atoms with E-state index >= 15 is 0 Å². The van der Waals surface area contributed by atoms with Crippen molar-refractivity contribution >= 4 is 17.7 Å². The van der Waals surface area contributed by atoms with Crippen molar-refractivity contribution in [1.82, 2.24) is 0 Å². The van der Waals surface area contributed by atoms with Crippen LogP contribution in [0.3, 0.4) is 0 Å². The monoisotopic (exact) mass is 389 g/mol. The second kappa shape index (κ2) is 6.44. The van der Waals surface area contributed by atoms with E-state index in [2.05, 4.69) is 0 Å². The van der Waals surface area contributed by atoms with Crippen LogP contribution in [0.4, 0.5) is 0 Å². The number of fused-ring (bicyclic) bond motifs is 3. The van der Waals surface area contributed by atoms with Gasteiger partial charge in [-0.05, 0) is 36.2 Å². The summed E-state index contributed by atoms with van der Waals surface area (Å²) in [5.41, 5.74) is 6.23. The lowest BCUT2D eigenvalue weighted by Crippen LogP contribution is -2.66. The first-order valence-electron chi connectivity index (χ1n) is 9.86. The highest BCUT2D eigenvalue weighted by Crippen LogP contribution is 2.63. The van der Waals surface area contributed by atoms with Gasteiger partial charge >= 0.3 is 11.9 Å². The van der Waals surface area contributed by atoms with Crippen molar-refractivity contribution in [1.29, 1.82) is 0 Å². The average molecular weight is 389 g/mol. The number of furan rings is 1. The smallest absolute Gasteiger partial charge is 0.310 e. The van der Waals surface area contributed by atoms with Gasteiger partial charge in [-0.1, -0.05) is 13.8 Å². The van der Waals surface area contributed by atoms with E-state index < -0.39 is 34.9 Å². The summed E-state index contributed by atoms with van der Waals surface area (Å²) in [5.74, 6) is -1.74. The second-order valence-corrected chi connectivity index (χ2v) is 9.06. The second-order valence-electron chi connectivity index (χ2n) is 9.06. The molecule has 1 saturated heterocycles. The van der Waals surface area contributed by atoms with Crippen LogP contribution in [0.25, 0.3) is 0 Å². The van der Waals surface area contributed by atoms with Gasteiger partial charge in [0.15, 0.2) is 11.9 Å². The molecule has 2 aliphatic carbocycles. The van der Waals surface area contributed by atoms with Crippen molar-refractivity contribution in [3.05, 3.63) is 24.2 Å².